The fourth-order valence-corrected chi connectivity index (χ4v) is 12.0. The lowest BCUT2D eigenvalue weighted by Crippen LogP contribution is -2.56. The van der Waals surface area contributed by atoms with Crippen molar-refractivity contribution in [1.29, 1.82) is 0 Å². The van der Waals surface area contributed by atoms with E-state index in [0.29, 0.717) is 22.2 Å². The van der Waals surface area contributed by atoms with Crippen LogP contribution < -0.4 is 5.32 Å². The van der Waals surface area contributed by atoms with Gasteiger partial charge in [-0.1, -0.05) is 20.8 Å². The van der Waals surface area contributed by atoms with Gasteiger partial charge < -0.3 is 29.7 Å². The molecule has 0 aromatic carbocycles. The van der Waals surface area contributed by atoms with Crippen LogP contribution in [-0.2, 0) is 14.2 Å². The van der Waals surface area contributed by atoms with E-state index in [4.69, 9.17) is 14.2 Å². The van der Waals surface area contributed by atoms with Crippen LogP contribution in [0.1, 0.15) is 98.8 Å². The Bertz CT molecular complexity index is 927. The van der Waals surface area contributed by atoms with Crippen molar-refractivity contribution in [3.63, 3.8) is 0 Å². The molecule has 0 aromatic rings. The highest BCUT2D eigenvalue weighted by Gasteiger charge is 2.80. The van der Waals surface area contributed by atoms with Crippen LogP contribution in [0.5, 0.6) is 0 Å². The molecule has 12 atom stereocenters. The zero-order valence-electron chi connectivity index (χ0n) is 24.5. The van der Waals surface area contributed by atoms with Crippen LogP contribution in [0.4, 0.5) is 0 Å². The molecule has 3 N–H and O–H groups in total. The van der Waals surface area contributed by atoms with Crippen LogP contribution in [0.25, 0.3) is 0 Å². The maximum atomic E-state index is 10.8. The van der Waals surface area contributed by atoms with E-state index in [2.05, 4.69) is 26.1 Å². The number of hydrogen-bond donors (Lipinski definition) is 3. The highest BCUT2D eigenvalue weighted by Crippen LogP contribution is 2.87. The third-order valence-corrected chi connectivity index (χ3v) is 13.8. The zero-order chi connectivity index (χ0) is 26.7. The average molecular weight is 532 g/mol. The topological polar surface area (TPSA) is 80.2 Å². The molecule has 2 heterocycles. The van der Waals surface area contributed by atoms with E-state index in [-0.39, 0.29) is 30.0 Å². The zero-order valence-corrected chi connectivity index (χ0v) is 24.5. The Morgan fingerprint density at radius 1 is 0.947 bits per heavy atom. The van der Waals surface area contributed by atoms with Crippen molar-refractivity contribution in [1.82, 2.24) is 5.32 Å². The second-order valence-corrected chi connectivity index (χ2v) is 16.1. The largest absolute Gasteiger partial charge is 0.388 e. The van der Waals surface area contributed by atoms with Crippen LogP contribution in [0.2, 0.25) is 0 Å². The number of morpholine rings is 1. The van der Waals surface area contributed by atoms with E-state index in [0.717, 1.165) is 56.7 Å². The summed E-state index contributed by atoms with van der Waals surface area (Å²) in [5, 5.41) is 24.7. The minimum absolute atomic E-state index is 0.0949. The summed E-state index contributed by atoms with van der Waals surface area (Å²) in [6.07, 6.45) is 11.9. The fourth-order valence-electron chi connectivity index (χ4n) is 12.0. The average Bonchev–Trinajstić information content (AvgIpc) is 3.45. The van der Waals surface area contributed by atoms with Crippen molar-refractivity contribution in [2.75, 3.05) is 19.7 Å². The molecular formula is C32H53NO5. The fraction of sp³-hybridized carbons (Fsp3) is 1.00. The molecule has 7 rings (SSSR count). The summed E-state index contributed by atoms with van der Waals surface area (Å²) in [6, 6.07) is 0. The van der Waals surface area contributed by atoms with Crippen molar-refractivity contribution in [3.05, 3.63) is 0 Å². The summed E-state index contributed by atoms with van der Waals surface area (Å²) in [4.78, 5) is 0. The molecule has 38 heavy (non-hydrogen) atoms. The molecular weight excluding hydrogens is 478 g/mol. The first-order valence-corrected chi connectivity index (χ1v) is 16.0. The third kappa shape index (κ3) is 3.59. The van der Waals surface area contributed by atoms with Gasteiger partial charge in [-0.05, 0) is 123 Å². The summed E-state index contributed by atoms with van der Waals surface area (Å²) in [5.74, 6) is 2.91. The first-order valence-electron chi connectivity index (χ1n) is 16.0. The molecule has 6 nitrogen and oxygen atoms in total. The molecule has 7 fully saturated rings. The highest BCUT2D eigenvalue weighted by molar-refractivity contribution is 5.29. The maximum Gasteiger partial charge on any atom is 0.170 e. The van der Waals surface area contributed by atoms with Crippen molar-refractivity contribution < 1.29 is 24.4 Å². The van der Waals surface area contributed by atoms with Crippen LogP contribution >= 0.6 is 0 Å². The van der Waals surface area contributed by atoms with Gasteiger partial charge in [0.1, 0.15) is 6.10 Å². The van der Waals surface area contributed by atoms with Gasteiger partial charge in [-0.3, -0.25) is 0 Å². The SMILES string of the molecule is CC(C)(O)[C@@H](O)C1CCC2C(CC3C4CCC5C(C)(C)[C@@H](OC6CNCCO6)CCC56C[C@@]46CC[C@]23C)O1. The Balaban J connectivity index is 1.09. The van der Waals surface area contributed by atoms with E-state index in [9.17, 15) is 10.2 Å². The first-order chi connectivity index (χ1) is 17.9. The lowest BCUT2D eigenvalue weighted by Gasteiger charge is -2.60. The van der Waals surface area contributed by atoms with Gasteiger partial charge in [-0.15, -0.1) is 0 Å². The molecule has 2 spiro atoms. The van der Waals surface area contributed by atoms with Crippen molar-refractivity contribution in [3.8, 4) is 0 Å². The first kappa shape index (κ1) is 26.6. The van der Waals surface area contributed by atoms with E-state index in [1.54, 1.807) is 13.8 Å². The Labute approximate surface area is 229 Å². The standard InChI is InChI=1S/C32H53NO5/c1-28(2)24-9-7-19-21-16-23-20(6-8-22(37-23)27(34)29(3,4)35)30(21,5)12-13-31(19)18-32(24,31)11-10-25(28)38-26-17-33-14-15-36-26/h19-27,33-35H,6-18H2,1-5H3/t19?,20?,21?,22?,23?,24?,25-,26?,27-,30+,31-,32?/m0/s1. The van der Waals surface area contributed by atoms with Gasteiger partial charge in [0.2, 0.25) is 0 Å². The van der Waals surface area contributed by atoms with Gasteiger partial charge in [0.05, 0.1) is 30.5 Å². The van der Waals surface area contributed by atoms with E-state index in [1.165, 1.54) is 44.9 Å². The van der Waals surface area contributed by atoms with Gasteiger partial charge in [-0.25, -0.2) is 0 Å². The smallest absolute Gasteiger partial charge is 0.170 e. The van der Waals surface area contributed by atoms with Gasteiger partial charge in [0, 0.05) is 13.1 Å². The van der Waals surface area contributed by atoms with E-state index >= 15 is 0 Å². The molecule has 6 heteroatoms. The Morgan fingerprint density at radius 2 is 1.74 bits per heavy atom. The van der Waals surface area contributed by atoms with Crippen molar-refractivity contribution >= 4 is 0 Å². The molecule has 0 radical (unpaired) electrons. The summed E-state index contributed by atoms with van der Waals surface area (Å²) < 4.78 is 19.3. The monoisotopic (exact) mass is 531 g/mol. The summed E-state index contributed by atoms with van der Waals surface area (Å²) >= 11 is 0. The molecule has 2 aliphatic heterocycles. The maximum absolute atomic E-state index is 10.8. The molecule has 216 valence electrons. The third-order valence-electron chi connectivity index (χ3n) is 13.8. The molecule has 0 aromatic heterocycles. The molecule has 5 saturated carbocycles. The highest BCUT2D eigenvalue weighted by atomic mass is 16.7. The Hall–Kier alpha value is -0.240. The predicted molar refractivity (Wildman–Crippen MR) is 145 cm³/mol. The lowest BCUT2D eigenvalue weighted by atomic mass is 9.46. The van der Waals surface area contributed by atoms with Gasteiger partial charge in [0.25, 0.3) is 0 Å². The number of aliphatic hydroxyl groups is 2. The van der Waals surface area contributed by atoms with Crippen molar-refractivity contribution in [2.24, 2.45) is 45.3 Å². The molecule has 2 saturated heterocycles. The van der Waals surface area contributed by atoms with Crippen LogP contribution in [0.3, 0.4) is 0 Å². The van der Waals surface area contributed by atoms with Crippen LogP contribution in [0, 0.1) is 45.3 Å². The molecule has 8 unspecified atom stereocenters. The minimum atomic E-state index is -1.12. The number of hydrogen-bond acceptors (Lipinski definition) is 6. The van der Waals surface area contributed by atoms with E-state index < -0.39 is 11.7 Å². The van der Waals surface area contributed by atoms with Crippen LogP contribution in [0.15, 0.2) is 0 Å². The molecule has 0 bridgehead atoms. The van der Waals surface area contributed by atoms with Gasteiger partial charge in [-0.2, -0.15) is 0 Å². The minimum Gasteiger partial charge on any atom is -0.388 e. The molecule has 7 aliphatic rings. The number of rotatable bonds is 4. The Morgan fingerprint density at radius 3 is 2.47 bits per heavy atom. The number of nitrogens with one attached hydrogen (secondary N) is 1. The van der Waals surface area contributed by atoms with E-state index in [1.807, 2.05) is 0 Å². The number of fused-ring (bicyclic) bond motifs is 4. The summed E-state index contributed by atoms with van der Waals surface area (Å²) in [7, 11) is 0. The summed E-state index contributed by atoms with van der Waals surface area (Å²) in [5.41, 5.74) is 0.473. The number of aliphatic hydroxyl groups excluding tert-OH is 1. The summed E-state index contributed by atoms with van der Waals surface area (Å²) in [6.45, 7) is 13.5. The predicted octanol–water partition coefficient (Wildman–Crippen LogP) is 4.66. The molecule has 5 aliphatic carbocycles. The normalized spacial score (nSPS) is 54.1. The quantitative estimate of drug-likeness (QED) is 0.490. The van der Waals surface area contributed by atoms with Gasteiger partial charge in [0.15, 0.2) is 6.29 Å². The van der Waals surface area contributed by atoms with Crippen molar-refractivity contribution in [2.45, 2.75) is 135 Å². The second-order valence-electron chi connectivity index (χ2n) is 16.1. The lowest BCUT2D eigenvalue weighted by molar-refractivity contribution is -0.232. The van der Waals surface area contributed by atoms with Crippen LogP contribution in [-0.4, -0.2) is 66.2 Å². The number of ether oxygens (including phenoxy) is 3. The Kier molecular flexibility index (Phi) is 6.06. The molecule has 0 amide bonds. The van der Waals surface area contributed by atoms with Gasteiger partial charge >= 0.3 is 0 Å². The second kappa shape index (κ2) is 8.64.